The molecule has 0 amide bonds. The highest BCUT2D eigenvalue weighted by Crippen LogP contribution is 2.14. The van der Waals surface area contributed by atoms with Crippen molar-refractivity contribution in [3.63, 3.8) is 0 Å². The first-order chi connectivity index (χ1) is 6.86. The summed E-state index contributed by atoms with van der Waals surface area (Å²) in [5, 5.41) is 18.1. The third-order valence-corrected chi connectivity index (χ3v) is 2.16. The fourth-order valence-corrected chi connectivity index (χ4v) is 1.50. The number of fused-ring (bicyclic) bond motifs is 1. The summed E-state index contributed by atoms with van der Waals surface area (Å²) in [4.78, 5) is 0. The van der Waals surface area contributed by atoms with Gasteiger partial charge in [0.05, 0.1) is 0 Å². The molecule has 2 heterocycles. The van der Waals surface area contributed by atoms with Gasteiger partial charge in [0.2, 0.25) is 0 Å². The first kappa shape index (κ1) is 10.7. The molecule has 0 bridgehead atoms. The Bertz CT molecular complexity index is 162. The van der Waals surface area contributed by atoms with Gasteiger partial charge in [-0.25, -0.2) is 0 Å². The lowest BCUT2D eigenvalue weighted by Gasteiger charge is -2.42. The van der Waals surface area contributed by atoms with Crippen LogP contribution in [0.1, 0.15) is 0 Å². The summed E-state index contributed by atoms with van der Waals surface area (Å²) in [6.45, 7) is -1.13. The maximum Gasteiger partial charge on any atom is 0.509 e. The highest BCUT2D eigenvalue weighted by Gasteiger charge is 2.50. The van der Waals surface area contributed by atoms with Crippen LogP contribution in [0.4, 0.5) is 0 Å². The summed E-state index contributed by atoms with van der Waals surface area (Å²) in [5.74, 6) is 0. The smallest absolute Gasteiger partial charge is 0.471 e. The Hall–Kier alpha value is 0.175. The van der Waals surface area contributed by atoms with Gasteiger partial charge in [-0.2, -0.15) is 0 Å². The molecule has 2 aliphatic rings. The maximum absolute atomic E-state index is 9.03. The third kappa shape index (κ3) is 1.92. The van der Waals surface area contributed by atoms with Crippen LogP contribution < -0.4 is 0 Å². The van der Waals surface area contributed by atoms with Gasteiger partial charge in [-0.05, 0) is 0 Å². The molecule has 0 unspecified atom stereocenters. The van der Waals surface area contributed by atoms with Crippen molar-refractivity contribution in [2.45, 2.75) is 0 Å². The van der Waals surface area contributed by atoms with E-state index in [0.29, 0.717) is 0 Å². The van der Waals surface area contributed by atoms with E-state index in [2.05, 4.69) is 0 Å². The van der Waals surface area contributed by atoms with Crippen molar-refractivity contribution in [2.75, 3.05) is 0 Å². The lowest BCUT2D eigenvalue weighted by atomic mass is 9.34. The average Bonchev–Trinajstić information content (AvgIpc) is 2.27. The quantitative estimate of drug-likeness (QED) is 0.422. The Kier molecular flexibility index (Phi) is 3.66. The summed E-state index contributed by atoms with van der Waals surface area (Å²) in [6.07, 6.45) is 0. The predicted molar refractivity (Wildman–Crippen MR) is 56.5 cm³/mol. The minimum absolute atomic E-state index is 0.0601. The minimum atomic E-state index is -0.619. The zero-order chi connectivity index (χ0) is 9.97. The predicted octanol–water partition coefficient (Wildman–Crippen LogP) is -5.44. The Morgan fingerprint density at radius 3 is 1.86 bits per heavy atom. The van der Waals surface area contributed by atoms with Crippen molar-refractivity contribution in [3.05, 3.63) is 0 Å². The van der Waals surface area contributed by atoms with Crippen LogP contribution in [0.5, 0.6) is 0 Å². The van der Waals surface area contributed by atoms with Crippen LogP contribution in [0.15, 0.2) is 0 Å². The second-order valence-electron chi connectivity index (χ2n) is 2.93. The Morgan fingerprint density at radius 1 is 0.929 bits per heavy atom. The van der Waals surface area contributed by atoms with Crippen molar-refractivity contribution in [3.8, 4) is 0 Å². The van der Waals surface area contributed by atoms with Crippen molar-refractivity contribution in [1.82, 2.24) is 4.63 Å². The molecule has 68 valence electrons. The molecule has 0 atom stereocenters. The second-order valence-corrected chi connectivity index (χ2v) is 2.93. The number of rotatable bonds is 2. The summed E-state index contributed by atoms with van der Waals surface area (Å²) in [7, 11) is -0.909. The average molecular weight is 192 g/mol. The van der Waals surface area contributed by atoms with Gasteiger partial charge >= 0.3 is 36.5 Å². The largest absolute Gasteiger partial charge is 0.509 e. The molecule has 2 aliphatic heterocycles. The van der Waals surface area contributed by atoms with Gasteiger partial charge in [-0.3, -0.25) is 0 Å². The lowest BCUT2D eigenvalue weighted by molar-refractivity contribution is 0.286. The number of nitrogens with zero attached hydrogens (tertiary/aromatic N) is 1. The van der Waals surface area contributed by atoms with Gasteiger partial charge < -0.3 is 33.0 Å². The van der Waals surface area contributed by atoms with Gasteiger partial charge in [0.15, 0.2) is 0 Å². The minimum Gasteiger partial charge on any atom is -0.471 e. The van der Waals surface area contributed by atoms with Crippen molar-refractivity contribution in [2.24, 2.45) is 0 Å². The van der Waals surface area contributed by atoms with E-state index in [1.54, 1.807) is 0 Å². The standard InChI is InChI=1S/B7H6NO6/c9-1-5-8-6(2-10)12-4-14-7(8)13-3-11-5/h1-4,9-10H. The van der Waals surface area contributed by atoms with Crippen LogP contribution in [0.2, 0.25) is 0 Å². The van der Waals surface area contributed by atoms with E-state index < -0.39 is 21.1 Å². The van der Waals surface area contributed by atoms with Crippen LogP contribution in [-0.2, 0) is 18.3 Å². The third-order valence-electron chi connectivity index (χ3n) is 2.16. The van der Waals surface area contributed by atoms with Crippen LogP contribution in [0.3, 0.4) is 0 Å². The van der Waals surface area contributed by atoms with Crippen molar-refractivity contribution >= 4 is 51.3 Å². The molecule has 14 heteroatoms. The molecule has 0 radical (unpaired) electrons. The van der Waals surface area contributed by atoms with Gasteiger partial charge in [-0.15, -0.1) is 0 Å². The normalized spacial score (nSPS) is 22.3. The van der Waals surface area contributed by atoms with E-state index in [1.165, 1.54) is 4.63 Å². The molecule has 0 saturated carbocycles. The Labute approximate surface area is 85.0 Å². The Balaban J connectivity index is 2.08. The van der Waals surface area contributed by atoms with E-state index in [4.69, 9.17) is 28.3 Å². The lowest BCUT2D eigenvalue weighted by Crippen LogP contribution is -2.72. The van der Waals surface area contributed by atoms with Gasteiger partial charge in [0, 0.05) is 0 Å². The monoisotopic (exact) mass is 193 g/mol. The van der Waals surface area contributed by atoms with Crippen molar-refractivity contribution < 1.29 is 28.3 Å². The number of hydrogen-bond donors (Lipinski definition) is 2. The highest BCUT2D eigenvalue weighted by atomic mass is 16.7. The first-order valence-electron chi connectivity index (χ1n) is 4.32. The number of hydrogen-bond acceptors (Lipinski definition) is 7. The van der Waals surface area contributed by atoms with Crippen LogP contribution in [0.25, 0.3) is 0 Å². The van der Waals surface area contributed by atoms with E-state index >= 15 is 0 Å². The summed E-state index contributed by atoms with van der Waals surface area (Å²) < 4.78 is 22.0. The fourth-order valence-electron chi connectivity index (χ4n) is 1.50. The Morgan fingerprint density at radius 2 is 1.43 bits per heavy atom. The molecule has 2 rings (SSSR count). The molecule has 14 heavy (non-hydrogen) atoms. The van der Waals surface area contributed by atoms with E-state index in [9.17, 15) is 0 Å². The fraction of sp³-hybridized carbons (Fsp3) is 0. The SMILES string of the molecule is OBB1OBOB2OBOB(BO)N12. The van der Waals surface area contributed by atoms with E-state index in [0.717, 1.165) is 0 Å². The maximum atomic E-state index is 9.03. The van der Waals surface area contributed by atoms with E-state index in [-0.39, 0.29) is 30.1 Å². The van der Waals surface area contributed by atoms with E-state index in [1.807, 2.05) is 0 Å². The molecular weight excluding hydrogens is 186 g/mol. The van der Waals surface area contributed by atoms with Crippen molar-refractivity contribution in [1.29, 1.82) is 0 Å². The molecule has 0 aromatic rings. The first-order valence-corrected chi connectivity index (χ1v) is 4.32. The molecule has 2 saturated heterocycles. The van der Waals surface area contributed by atoms with Crippen LogP contribution >= 0.6 is 0 Å². The van der Waals surface area contributed by atoms with Crippen LogP contribution in [-0.4, -0.2) is 65.9 Å². The summed E-state index contributed by atoms with van der Waals surface area (Å²) in [6, 6.07) is 0. The molecule has 0 spiro atoms. The van der Waals surface area contributed by atoms with Gasteiger partial charge in [0.1, 0.15) is 0 Å². The van der Waals surface area contributed by atoms with Crippen LogP contribution in [0, 0.1) is 0 Å². The summed E-state index contributed by atoms with van der Waals surface area (Å²) >= 11 is 0. The molecular formula is H6B7NO6. The topological polar surface area (TPSA) is 80.6 Å². The molecule has 2 fully saturated rings. The molecule has 0 aromatic heterocycles. The van der Waals surface area contributed by atoms with Gasteiger partial charge in [-0.1, -0.05) is 0 Å². The second kappa shape index (κ2) is 4.80. The summed E-state index contributed by atoms with van der Waals surface area (Å²) in [5.41, 5.74) is 0. The molecule has 0 aromatic carbocycles. The zero-order valence-electron chi connectivity index (χ0n) is 7.54. The van der Waals surface area contributed by atoms with Gasteiger partial charge in [0.25, 0.3) is 14.7 Å². The molecule has 7 nitrogen and oxygen atoms in total. The zero-order valence-corrected chi connectivity index (χ0v) is 7.54. The highest BCUT2D eigenvalue weighted by molar-refractivity contribution is 7.20. The molecule has 2 N–H and O–H groups in total. The molecule has 0 aliphatic carbocycles.